The van der Waals surface area contributed by atoms with Crippen LogP contribution in [0.3, 0.4) is 0 Å². The Morgan fingerprint density at radius 3 is 2.60 bits per heavy atom. The van der Waals surface area contributed by atoms with E-state index in [1.54, 1.807) is 6.26 Å². The SMILES string of the molecule is CCOC(CN)CS(C)=O. The second-order valence-corrected chi connectivity index (χ2v) is 3.53. The maximum atomic E-state index is 10.7. The molecule has 0 aromatic rings. The van der Waals surface area contributed by atoms with Crippen LogP contribution in [-0.4, -0.2) is 35.5 Å². The minimum Gasteiger partial charge on any atom is -0.376 e. The zero-order chi connectivity index (χ0) is 7.98. The normalized spacial score (nSPS) is 16.7. The molecule has 0 aliphatic heterocycles. The van der Waals surface area contributed by atoms with E-state index >= 15 is 0 Å². The third-order valence-electron chi connectivity index (χ3n) is 1.09. The summed E-state index contributed by atoms with van der Waals surface area (Å²) in [6.07, 6.45) is 1.62. The van der Waals surface area contributed by atoms with Gasteiger partial charge in [-0.05, 0) is 6.92 Å². The molecule has 0 aliphatic rings. The number of hydrogen-bond donors (Lipinski definition) is 1. The zero-order valence-corrected chi connectivity index (χ0v) is 7.32. The fraction of sp³-hybridized carbons (Fsp3) is 1.00. The van der Waals surface area contributed by atoms with Crippen molar-refractivity contribution in [1.29, 1.82) is 0 Å². The minimum atomic E-state index is -0.802. The molecule has 3 nitrogen and oxygen atoms in total. The first-order valence-corrected chi connectivity index (χ1v) is 5.05. The lowest BCUT2D eigenvalue weighted by Gasteiger charge is -2.12. The van der Waals surface area contributed by atoms with Crippen molar-refractivity contribution in [3.05, 3.63) is 0 Å². The van der Waals surface area contributed by atoms with Crippen LogP contribution in [0.5, 0.6) is 0 Å². The van der Waals surface area contributed by atoms with Gasteiger partial charge in [-0.25, -0.2) is 0 Å². The first-order chi connectivity index (χ1) is 4.70. The van der Waals surface area contributed by atoms with E-state index in [4.69, 9.17) is 10.5 Å². The van der Waals surface area contributed by atoms with Gasteiger partial charge in [-0.3, -0.25) is 4.21 Å². The van der Waals surface area contributed by atoms with Crippen LogP contribution in [0.15, 0.2) is 0 Å². The van der Waals surface area contributed by atoms with Gasteiger partial charge in [-0.1, -0.05) is 0 Å². The van der Waals surface area contributed by atoms with Gasteiger partial charge in [0.05, 0.1) is 11.9 Å². The van der Waals surface area contributed by atoms with Gasteiger partial charge >= 0.3 is 0 Å². The molecule has 0 spiro atoms. The van der Waals surface area contributed by atoms with Gasteiger partial charge in [0.15, 0.2) is 0 Å². The van der Waals surface area contributed by atoms with Crippen molar-refractivity contribution in [3.63, 3.8) is 0 Å². The number of rotatable bonds is 5. The highest BCUT2D eigenvalue weighted by molar-refractivity contribution is 7.84. The van der Waals surface area contributed by atoms with Gasteiger partial charge in [0.1, 0.15) is 0 Å². The van der Waals surface area contributed by atoms with Crippen molar-refractivity contribution in [1.82, 2.24) is 0 Å². The predicted octanol–water partition coefficient (Wildman–Crippen LogP) is -0.271. The Bertz CT molecular complexity index is 108. The van der Waals surface area contributed by atoms with Crippen molar-refractivity contribution >= 4 is 10.8 Å². The van der Waals surface area contributed by atoms with Crippen LogP contribution < -0.4 is 5.73 Å². The highest BCUT2D eigenvalue weighted by Gasteiger charge is 2.06. The average molecular weight is 165 g/mol. The molecule has 0 amide bonds. The lowest BCUT2D eigenvalue weighted by Crippen LogP contribution is -2.29. The van der Waals surface area contributed by atoms with Crippen molar-refractivity contribution in [2.45, 2.75) is 13.0 Å². The summed E-state index contributed by atoms with van der Waals surface area (Å²) in [5.41, 5.74) is 5.35. The van der Waals surface area contributed by atoms with E-state index in [0.717, 1.165) is 0 Å². The third-order valence-corrected chi connectivity index (χ3v) is 1.93. The number of hydrogen-bond acceptors (Lipinski definition) is 3. The van der Waals surface area contributed by atoms with Crippen LogP contribution in [0.2, 0.25) is 0 Å². The van der Waals surface area contributed by atoms with Crippen molar-refractivity contribution in [2.75, 3.05) is 25.2 Å². The average Bonchev–Trinajstić information content (AvgIpc) is 1.86. The summed E-state index contributed by atoms with van der Waals surface area (Å²) in [6.45, 7) is 2.99. The molecule has 0 aromatic heterocycles. The topological polar surface area (TPSA) is 52.3 Å². The molecular formula is C6H15NO2S. The number of ether oxygens (including phenoxy) is 1. The first kappa shape index (κ1) is 10.1. The molecule has 0 bridgehead atoms. The highest BCUT2D eigenvalue weighted by atomic mass is 32.2. The molecule has 0 radical (unpaired) electrons. The highest BCUT2D eigenvalue weighted by Crippen LogP contribution is 1.91. The Hall–Kier alpha value is 0.0700. The van der Waals surface area contributed by atoms with E-state index < -0.39 is 10.8 Å². The summed E-state index contributed by atoms with van der Waals surface area (Å²) in [5.74, 6) is 0.546. The van der Waals surface area contributed by atoms with E-state index in [-0.39, 0.29) is 6.10 Å². The largest absolute Gasteiger partial charge is 0.376 e. The van der Waals surface area contributed by atoms with E-state index in [1.807, 2.05) is 6.92 Å². The molecule has 2 N–H and O–H groups in total. The van der Waals surface area contributed by atoms with Crippen LogP contribution in [-0.2, 0) is 15.5 Å². The Morgan fingerprint density at radius 1 is 1.70 bits per heavy atom. The van der Waals surface area contributed by atoms with Gasteiger partial charge in [-0.2, -0.15) is 0 Å². The molecule has 2 unspecified atom stereocenters. The summed E-state index contributed by atoms with van der Waals surface area (Å²) in [7, 11) is -0.802. The molecule has 0 rings (SSSR count). The molecule has 4 heteroatoms. The molecule has 62 valence electrons. The summed E-state index contributed by atoms with van der Waals surface area (Å²) in [5, 5.41) is 0. The fourth-order valence-electron chi connectivity index (χ4n) is 0.682. The molecule has 0 aliphatic carbocycles. The van der Waals surface area contributed by atoms with E-state index in [1.165, 1.54) is 0 Å². The van der Waals surface area contributed by atoms with E-state index in [0.29, 0.717) is 18.9 Å². The van der Waals surface area contributed by atoms with Gasteiger partial charge < -0.3 is 10.5 Å². The smallest absolute Gasteiger partial charge is 0.0811 e. The molecule has 2 atom stereocenters. The Balaban J connectivity index is 3.49. The molecule has 10 heavy (non-hydrogen) atoms. The first-order valence-electron chi connectivity index (χ1n) is 3.32. The molecule has 0 aromatic carbocycles. The van der Waals surface area contributed by atoms with Crippen molar-refractivity contribution in [2.24, 2.45) is 5.73 Å². The summed E-state index contributed by atoms with van der Waals surface area (Å²) in [4.78, 5) is 0. The fourth-order valence-corrected chi connectivity index (χ4v) is 1.44. The van der Waals surface area contributed by atoms with E-state index in [9.17, 15) is 4.21 Å². The second kappa shape index (κ2) is 5.82. The maximum absolute atomic E-state index is 10.7. The Kier molecular flexibility index (Phi) is 5.87. The summed E-state index contributed by atoms with van der Waals surface area (Å²) in [6, 6.07) is 0. The molecular weight excluding hydrogens is 150 g/mol. The monoisotopic (exact) mass is 165 g/mol. The molecule has 0 saturated carbocycles. The maximum Gasteiger partial charge on any atom is 0.0811 e. The van der Waals surface area contributed by atoms with Gasteiger partial charge in [0.25, 0.3) is 0 Å². The predicted molar refractivity (Wildman–Crippen MR) is 43.4 cm³/mol. The Labute approximate surface area is 64.4 Å². The molecule has 0 heterocycles. The van der Waals surface area contributed by atoms with Crippen molar-refractivity contribution in [3.8, 4) is 0 Å². The standard InChI is InChI=1S/C6H15NO2S/c1-3-9-6(4-7)5-10(2)8/h6H,3-5,7H2,1-2H3. The summed E-state index contributed by atoms with van der Waals surface area (Å²) >= 11 is 0. The minimum absolute atomic E-state index is 0.0316. The lowest BCUT2D eigenvalue weighted by molar-refractivity contribution is 0.0853. The second-order valence-electron chi connectivity index (χ2n) is 2.05. The van der Waals surface area contributed by atoms with Crippen molar-refractivity contribution < 1.29 is 8.95 Å². The van der Waals surface area contributed by atoms with Gasteiger partial charge in [0, 0.05) is 30.2 Å². The molecule has 0 saturated heterocycles. The number of nitrogens with two attached hydrogens (primary N) is 1. The van der Waals surface area contributed by atoms with Crippen LogP contribution >= 0.6 is 0 Å². The molecule has 0 fully saturated rings. The lowest BCUT2D eigenvalue weighted by atomic mass is 10.4. The van der Waals surface area contributed by atoms with E-state index in [2.05, 4.69) is 0 Å². The zero-order valence-electron chi connectivity index (χ0n) is 6.50. The quantitative estimate of drug-likeness (QED) is 0.610. The van der Waals surface area contributed by atoms with Crippen LogP contribution in [0.25, 0.3) is 0 Å². The van der Waals surface area contributed by atoms with Crippen LogP contribution in [0.4, 0.5) is 0 Å². The summed E-state index contributed by atoms with van der Waals surface area (Å²) < 4.78 is 15.8. The van der Waals surface area contributed by atoms with Gasteiger partial charge in [0.2, 0.25) is 0 Å². The third kappa shape index (κ3) is 4.90. The van der Waals surface area contributed by atoms with Crippen LogP contribution in [0.1, 0.15) is 6.92 Å². The Morgan fingerprint density at radius 2 is 2.30 bits per heavy atom. The van der Waals surface area contributed by atoms with Gasteiger partial charge in [-0.15, -0.1) is 0 Å². The van der Waals surface area contributed by atoms with Crippen LogP contribution in [0, 0.1) is 0 Å².